The molecule has 0 saturated heterocycles. The molecule has 2 aromatic heterocycles. The van der Waals surface area contributed by atoms with E-state index in [1.165, 1.54) is 11.1 Å². The molecule has 0 saturated carbocycles. The molecule has 0 aliphatic rings. The van der Waals surface area contributed by atoms with Gasteiger partial charge in [0.2, 0.25) is 0 Å². The molecule has 0 aliphatic carbocycles. The molecular weight excluding hydrogens is 685 g/mol. The first-order chi connectivity index (χ1) is 27.8. The summed E-state index contributed by atoms with van der Waals surface area (Å²) in [5.41, 5.74) is 12.0. The van der Waals surface area contributed by atoms with Gasteiger partial charge in [0, 0.05) is 50.5 Å². The molecule has 0 amide bonds. The summed E-state index contributed by atoms with van der Waals surface area (Å²) < 4.78 is 6.69. The lowest BCUT2D eigenvalue weighted by molar-refractivity contribution is 0.669. The Morgan fingerprint density at radius 3 is 1.57 bits per heavy atom. The smallest absolute Gasteiger partial charge is 0.164 e. The van der Waals surface area contributed by atoms with Crippen molar-refractivity contribution in [2.45, 2.75) is 0 Å². The molecule has 5 heteroatoms. The maximum Gasteiger partial charge on any atom is 0.164 e. The summed E-state index contributed by atoms with van der Waals surface area (Å²) in [7, 11) is 0. The summed E-state index contributed by atoms with van der Waals surface area (Å²) in [5, 5.41) is 1.95. The van der Waals surface area contributed by atoms with Gasteiger partial charge in [0.1, 0.15) is 11.2 Å². The van der Waals surface area contributed by atoms with Crippen LogP contribution in [0.4, 0.5) is 17.1 Å². The second kappa shape index (κ2) is 14.3. The van der Waals surface area contributed by atoms with Crippen LogP contribution in [0.15, 0.2) is 211 Å². The molecule has 0 N–H and O–H groups in total. The average molecular weight is 719 g/mol. The molecule has 0 spiro atoms. The van der Waals surface area contributed by atoms with Crippen molar-refractivity contribution in [3.63, 3.8) is 0 Å². The highest BCUT2D eigenvalue weighted by Gasteiger charge is 2.21. The zero-order valence-electron chi connectivity index (χ0n) is 30.3. The Morgan fingerprint density at radius 1 is 0.339 bits per heavy atom. The topological polar surface area (TPSA) is 55.1 Å². The van der Waals surface area contributed by atoms with Crippen molar-refractivity contribution in [2.24, 2.45) is 0 Å². The molecule has 0 radical (unpaired) electrons. The minimum absolute atomic E-state index is 0.590. The fourth-order valence-corrected chi connectivity index (χ4v) is 7.48. The number of nitrogens with zero attached hydrogens (tertiary/aromatic N) is 4. The first-order valence-corrected chi connectivity index (χ1v) is 18.7. The number of hydrogen-bond donors (Lipinski definition) is 0. The largest absolute Gasteiger partial charge is 0.456 e. The van der Waals surface area contributed by atoms with Crippen LogP contribution in [0.3, 0.4) is 0 Å². The fourth-order valence-electron chi connectivity index (χ4n) is 7.48. The van der Waals surface area contributed by atoms with Crippen LogP contribution < -0.4 is 4.90 Å². The first-order valence-electron chi connectivity index (χ1n) is 18.7. The van der Waals surface area contributed by atoms with Crippen molar-refractivity contribution in [3.05, 3.63) is 206 Å². The number of furan rings is 1. The maximum absolute atomic E-state index is 6.69. The predicted molar refractivity (Wildman–Crippen MR) is 229 cm³/mol. The molecule has 56 heavy (non-hydrogen) atoms. The van der Waals surface area contributed by atoms with Crippen LogP contribution in [0.25, 0.3) is 78.4 Å². The zero-order chi connectivity index (χ0) is 37.3. The van der Waals surface area contributed by atoms with Crippen LogP contribution in [0.5, 0.6) is 0 Å². The third-order valence-corrected chi connectivity index (χ3v) is 10.1. The van der Waals surface area contributed by atoms with Gasteiger partial charge < -0.3 is 9.32 Å². The summed E-state index contributed by atoms with van der Waals surface area (Å²) >= 11 is 0. The standard InChI is InChI=1S/C51H34N4O/c1-5-17-35(18-6-1)38-23-15-24-39(33-38)42-27-13-14-29-45(42)55(40-25-11-4-12-26-40)41-31-32-43-47(34-41)56-46-30-16-28-44(48(43)46)51-53-49(36-19-7-2-8-20-36)52-50(54-51)37-21-9-3-10-22-37/h1-34H. The highest BCUT2D eigenvalue weighted by molar-refractivity contribution is 6.12. The van der Waals surface area contributed by atoms with Crippen molar-refractivity contribution >= 4 is 39.0 Å². The Bertz CT molecular complexity index is 2910. The van der Waals surface area contributed by atoms with E-state index < -0.39 is 0 Å². The molecule has 264 valence electrons. The molecule has 2 heterocycles. The summed E-state index contributed by atoms with van der Waals surface area (Å²) in [5.74, 6) is 1.83. The second-order valence-electron chi connectivity index (χ2n) is 13.6. The Morgan fingerprint density at radius 2 is 0.875 bits per heavy atom. The highest BCUT2D eigenvalue weighted by Crippen LogP contribution is 2.44. The molecule has 10 rings (SSSR count). The van der Waals surface area contributed by atoms with Crippen molar-refractivity contribution in [2.75, 3.05) is 4.90 Å². The van der Waals surface area contributed by atoms with Crippen LogP contribution in [0.2, 0.25) is 0 Å². The van der Waals surface area contributed by atoms with Gasteiger partial charge >= 0.3 is 0 Å². The fraction of sp³-hybridized carbons (Fsp3) is 0. The van der Waals surface area contributed by atoms with Crippen molar-refractivity contribution in [1.29, 1.82) is 0 Å². The number of para-hydroxylation sites is 2. The third-order valence-electron chi connectivity index (χ3n) is 10.1. The van der Waals surface area contributed by atoms with E-state index in [1.807, 2.05) is 72.8 Å². The number of rotatable bonds is 8. The molecule has 0 unspecified atom stereocenters. The average Bonchev–Trinajstić information content (AvgIpc) is 3.66. The molecule has 0 fully saturated rings. The summed E-state index contributed by atoms with van der Waals surface area (Å²) in [6, 6.07) is 71.1. The number of benzene rings is 8. The normalized spacial score (nSPS) is 11.2. The van der Waals surface area contributed by atoms with E-state index in [-0.39, 0.29) is 0 Å². The van der Waals surface area contributed by atoms with Gasteiger partial charge in [0.25, 0.3) is 0 Å². The zero-order valence-corrected chi connectivity index (χ0v) is 30.3. The molecule has 0 atom stereocenters. The van der Waals surface area contributed by atoms with E-state index in [2.05, 4.69) is 138 Å². The SMILES string of the molecule is c1ccc(-c2cccc(-c3ccccc3N(c3ccccc3)c3ccc4c(c3)oc3cccc(-c5nc(-c6ccccc6)nc(-c6ccccc6)n5)c34)c2)cc1. The number of aromatic nitrogens is 3. The van der Waals surface area contributed by atoms with Gasteiger partial charge in [-0.1, -0.05) is 158 Å². The van der Waals surface area contributed by atoms with Gasteiger partial charge in [-0.3, -0.25) is 0 Å². The monoisotopic (exact) mass is 718 g/mol. The predicted octanol–water partition coefficient (Wildman–Crippen LogP) is 13.6. The summed E-state index contributed by atoms with van der Waals surface area (Å²) in [6.45, 7) is 0. The van der Waals surface area contributed by atoms with Crippen LogP contribution >= 0.6 is 0 Å². The Hall–Kier alpha value is -7.63. The Labute approximate surface area is 324 Å². The molecule has 5 nitrogen and oxygen atoms in total. The van der Waals surface area contributed by atoms with Crippen LogP contribution in [-0.4, -0.2) is 15.0 Å². The van der Waals surface area contributed by atoms with Crippen LogP contribution in [-0.2, 0) is 0 Å². The number of hydrogen-bond acceptors (Lipinski definition) is 5. The third kappa shape index (κ3) is 6.17. The minimum Gasteiger partial charge on any atom is -0.456 e. The first kappa shape index (κ1) is 33.0. The summed E-state index contributed by atoms with van der Waals surface area (Å²) in [4.78, 5) is 17.3. The van der Waals surface area contributed by atoms with Gasteiger partial charge in [0.05, 0.1) is 5.69 Å². The van der Waals surface area contributed by atoms with E-state index in [0.29, 0.717) is 17.5 Å². The van der Waals surface area contributed by atoms with Crippen LogP contribution in [0.1, 0.15) is 0 Å². The molecule has 0 aliphatic heterocycles. The quantitative estimate of drug-likeness (QED) is 0.157. The van der Waals surface area contributed by atoms with E-state index in [1.54, 1.807) is 0 Å². The lowest BCUT2D eigenvalue weighted by Gasteiger charge is -2.28. The highest BCUT2D eigenvalue weighted by atomic mass is 16.3. The summed E-state index contributed by atoms with van der Waals surface area (Å²) in [6.07, 6.45) is 0. The number of anilines is 3. The van der Waals surface area contributed by atoms with Crippen molar-refractivity contribution < 1.29 is 4.42 Å². The Kier molecular flexibility index (Phi) is 8.43. The van der Waals surface area contributed by atoms with Gasteiger partial charge in [-0.05, 0) is 59.2 Å². The van der Waals surface area contributed by atoms with E-state index >= 15 is 0 Å². The molecule has 0 bridgehead atoms. The van der Waals surface area contributed by atoms with Crippen LogP contribution in [0, 0.1) is 0 Å². The van der Waals surface area contributed by atoms with Gasteiger partial charge in [-0.2, -0.15) is 0 Å². The maximum atomic E-state index is 6.69. The van der Waals surface area contributed by atoms with Crippen molar-refractivity contribution in [1.82, 2.24) is 15.0 Å². The van der Waals surface area contributed by atoms with Gasteiger partial charge in [0.15, 0.2) is 17.5 Å². The molecular formula is C51H34N4O. The van der Waals surface area contributed by atoms with Gasteiger partial charge in [-0.15, -0.1) is 0 Å². The molecule has 10 aromatic rings. The lowest BCUT2D eigenvalue weighted by atomic mass is 9.97. The lowest BCUT2D eigenvalue weighted by Crippen LogP contribution is -2.11. The molecule has 8 aromatic carbocycles. The number of fused-ring (bicyclic) bond motifs is 3. The minimum atomic E-state index is 0.590. The second-order valence-corrected chi connectivity index (χ2v) is 13.6. The Balaban J connectivity index is 1.12. The van der Waals surface area contributed by atoms with Gasteiger partial charge in [-0.25, -0.2) is 15.0 Å². The van der Waals surface area contributed by atoms with E-state index in [4.69, 9.17) is 19.4 Å². The van der Waals surface area contributed by atoms with E-state index in [9.17, 15) is 0 Å². The van der Waals surface area contributed by atoms with Crippen molar-refractivity contribution in [3.8, 4) is 56.4 Å². The van der Waals surface area contributed by atoms with E-state index in [0.717, 1.165) is 66.8 Å².